The van der Waals surface area contributed by atoms with E-state index < -0.39 is 0 Å². The maximum absolute atomic E-state index is 10.8. The molecule has 1 fully saturated rings. The number of hydrogen-bond acceptors (Lipinski definition) is 2. The van der Waals surface area contributed by atoms with Gasteiger partial charge in [-0.15, -0.1) is 0 Å². The van der Waals surface area contributed by atoms with Crippen molar-refractivity contribution in [3.8, 4) is 0 Å². The zero-order valence-electron chi connectivity index (χ0n) is 10.7. The van der Waals surface area contributed by atoms with Gasteiger partial charge in [-0.2, -0.15) is 4.91 Å². The smallest absolute Gasteiger partial charge is 0.0930 e. The summed E-state index contributed by atoms with van der Waals surface area (Å²) in [5, 5.41) is 3.30. The normalized spacial score (nSPS) is 35.1. The maximum atomic E-state index is 10.8. The van der Waals surface area contributed by atoms with E-state index in [1.54, 1.807) is 0 Å². The van der Waals surface area contributed by atoms with E-state index in [2.05, 4.69) is 32.9 Å². The third-order valence-corrected chi connectivity index (χ3v) is 3.70. The highest BCUT2D eigenvalue weighted by Gasteiger charge is 2.41. The minimum absolute atomic E-state index is 0.0515. The number of unbranched alkanes of at least 4 members (excludes halogenated alkanes) is 1. The molecule has 2 nitrogen and oxygen atoms in total. The molecular weight excluding hydrogens is 186 g/mol. The van der Waals surface area contributed by atoms with Crippen LogP contribution in [0.3, 0.4) is 0 Å². The van der Waals surface area contributed by atoms with E-state index >= 15 is 0 Å². The summed E-state index contributed by atoms with van der Waals surface area (Å²) in [5.74, 6) is 0. The first kappa shape index (κ1) is 12.7. The molecule has 1 aliphatic carbocycles. The predicted molar refractivity (Wildman–Crippen MR) is 64.8 cm³/mol. The van der Waals surface area contributed by atoms with E-state index in [0.717, 1.165) is 12.8 Å². The Labute approximate surface area is 93.8 Å². The molecule has 0 N–H and O–H groups in total. The lowest BCUT2D eigenvalue weighted by Gasteiger charge is -2.44. The third-order valence-electron chi connectivity index (χ3n) is 3.70. The van der Waals surface area contributed by atoms with Crippen molar-refractivity contribution in [3.63, 3.8) is 0 Å². The van der Waals surface area contributed by atoms with Gasteiger partial charge in [0, 0.05) is 0 Å². The van der Waals surface area contributed by atoms with Gasteiger partial charge in [0.25, 0.3) is 0 Å². The lowest BCUT2D eigenvalue weighted by molar-refractivity contribution is 0.0742. The highest BCUT2D eigenvalue weighted by atomic mass is 16.3. The van der Waals surface area contributed by atoms with E-state index in [1.165, 1.54) is 25.7 Å². The summed E-state index contributed by atoms with van der Waals surface area (Å²) in [6, 6.07) is 0.0515. The molecule has 1 aliphatic rings. The first-order chi connectivity index (χ1) is 6.91. The van der Waals surface area contributed by atoms with E-state index in [4.69, 9.17) is 0 Å². The van der Waals surface area contributed by atoms with Crippen LogP contribution in [0, 0.1) is 15.7 Å². The summed E-state index contributed by atoms with van der Waals surface area (Å²) in [5.41, 5.74) is 0.635. The number of hydrogen-bond donors (Lipinski definition) is 0. The molecule has 0 aromatic rings. The summed E-state index contributed by atoms with van der Waals surface area (Å²) in [6.45, 7) is 9.11. The zero-order chi connectivity index (χ0) is 11.5. The van der Waals surface area contributed by atoms with Crippen LogP contribution in [0.25, 0.3) is 0 Å². The summed E-state index contributed by atoms with van der Waals surface area (Å²) in [6.07, 6.45) is 6.98. The van der Waals surface area contributed by atoms with Gasteiger partial charge in [-0.3, -0.25) is 0 Å². The van der Waals surface area contributed by atoms with Crippen molar-refractivity contribution in [1.82, 2.24) is 0 Å². The second kappa shape index (κ2) is 4.63. The highest BCUT2D eigenvalue weighted by Crippen LogP contribution is 2.49. The van der Waals surface area contributed by atoms with Crippen LogP contribution in [0.1, 0.15) is 66.2 Å². The summed E-state index contributed by atoms with van der Waals surface area (Å²) < 4.78 is 0. The zero-order valence-corrected chi connectivity index (χ0v) is 10.7. The summed E-state index contributed by atoms with van der Waals surface area (Å²) in [4.78, 5) is 10.8. The molecule has 1 rings (SSSR count). The molecule has 0 aliphatic heterocycles. The first-order valence-corrected chi connectivity index (χ1v) is 6.23. The van der Waals surface area contributed by atoms with Crippen molar-refractivity contribution in [1.29, 1.82) is 0 Å². The second-order valence-corrected chi connectivity index (χ2v) is 6.42. The van der Waals surface area contributed by atoms with Crippen LogP contribution in [0.4, 0.5) is 0 Å². The van der Waals surface area contributed by atoms with Gasteiger partial charge in [0.15, 0.2) is 0 Å². The SMILES string of the molecule is CCCCC1(C)CC(N=O)CC(C)(C)C1. The number of nitrogens with zero attached hydrogens (tertiary/aromatic N) is 1. The molecule has 2 heteroatoms. The number of nitroso groups, excluding NO2 is 1. The van der Waals surface area contributed by atoms with Gasteiger partial charge in [-0.25, -0.2) is 0 Å². The Balaban J connectivity index is 2.67. The molecule has 0 bridgehead atoms. The molecule has 88 valence electrons. The predicted octanol–water partition coefficient (Wildman–Crippen LogP) is 4.53. The largest absolute Gasteiger partial charge is 0.151 e. The van der Waals surface area contributed by atoms with Gasteiger partial charge in [-0.1, -0.05) is 45.7 Å². The van der Waals surface area contributed by atoms with Crippen LogP contribution in [-0.2, 0) is 0 Å². The minimum Gasteiger partial charge on any atom is -0.151 e. The Morgan fingerprint density at radius 2 is 1.93 bits per heavy atom. The monoisotopic (exact) mass is 211 g/mol. The van der Waals surface area contributed by atoms with E-state index in [1.807, 2.05) is 0 Å². The molecule has 2 atom stereocenters. The molecule has 0 aromatic heterocycles. The van der Waals surface area contributed by atoms with Crippen molar-refractivity contribution in [2.75, 3.05) is 0 Å². The molecule has 0 heterocycles. The first-order valence-electron chi connectivity index (χ1n) is 6.23. The fourth-order valence-corrected chi connectivity index (χ4v) is 3.45. The Morgan fingerprint density at radius 3 is 2.47 bits per heavy atom. The fraction of sp³-hybridized carbons (Fsp3) is 1.00. The molecule has 0 amide bonds. The van der Waals surface area contributed by atoms with Crippen LogP contribution in [-0.4, -0.2) is 6.04 Å². The van der Waals surface area contributed by atoms with Crippen LogP contribution in [0.15, 0.2) is 5.18 Å². The van der Waals surface area contributed by atoms with Gasteiger partial charge in [0.1, 0.15) is 0 Å². The maximum Gasteiger partial charge on any atom is 0.0930 e. The average molecular weight is 211 g/mol. The van der Waals surface area contributed by atoms with Crippen LogP contribution < -0.4 is 0 Å². The highest BCUT2D eigenvalue weighted by molar-refractivity contribution is 4.94. The van der Waals surface area contributed by atoms with Crippen molar-refractivity contribution >= 4 is 0 Å². The van der Waals surface area contributed by atoms with Crippen LogP contribution >= 0.6 is 0 Å². The molecule has 15 heavy (non-hydrogen) atoms. The minimum atomic E-state index is 0.0515. The van der Waals surface area contributed by atoms with E-state index in [9.17, 15) is 4.91 Å². The van der Waals surface area contributed by atoms with Gasteiger partial charge in [0.05, 0.1) is 6.04 Å². The van der Waals surface area contributed by atoms with Crippen LogP contribution in [0.2, 0.25) is 0 Å². The van der Waals surface area contributed by atoms with Crippen LogP contribution in [0.5, 0.6) is 0 Å². The van der Waals surface area contributed by atoms with Crippen molar-refractivity contribution in [2.45, 2.75) is 72.3 Å². The van der Waals surface area contributed by atoms with E-state index in [-0.39, 0.29) is 6.04 Å². The van der Waals surface area contributed by atoms with Crippen molar-refractivity contribution < 1.29 is 0 Å². The topological polar surface area (TPSA) is 29.4 Å². The third kappa shape index (κ3) is 3.58. The standard InChI is InChI=1S/C13H25NO/c1-5-6-7-13(4)9-11(14-15)8-12(2,3)10-13/h11H,5-10H2,1-4H3. The van der Waals surface area contributed by atoms with E-state index in [0.29, 0.717) is 10.8 Å². The Kier molecular flexibility index (Phi) is 3.91. The molecule has 0 radical (unpaired) electrons. The molecule has 0 spiro atoms. The van der Waals surface area contributed by atoms with Crippen molar-refractivity contribution in [3.05, 3.63) is 4.91 Å². The molecular formula is C13H25NO. The molecule has 1 saturated carbocycles. The Hall–Kier alpha value is -0.400. The van der Waals surface area contributed by atoms with Gasteiger partial charge >= 0.3 is 0 Å². The lowest BCUT2D eigenvalue weighted by Crippen LogP contribution is -2.37. The molecule has 0 saturated heterocycles. The molecule has 0 aromatic carbocycles. The fourth-order valence-electron chi connectivity index (χ4n) is 3.45. The van der Waals surface area contributed by atoms with Gasteiger partial charge in [-0.05, 0) is 36.5 Å². The Bertz CT molecular complexity index is 225. The second-order valence-electron chi connectivity index (χ2n) is 6.42. The summed E-state index contributed by atoms with van der Waals surface area (Å²) >= 11 is 0. The Morgan fingerprint density at radius 1 is 1.27 bits per heavy atom. The molecule has 2 unspecified atom stereocenters. The quantitative estimate of drug-likeness (QED) is 0.628. The van der Waals surface area contributed by atoms with Crippen molar-refractivity contribution in [2.24, 2.45) is 16.0 Å². The van der Waals surface area contributed by atoms with Gasteiger partial charge in [0.2, 0.25) is 0 Å². The number of rotatable bonds is 4. The lowest BCUT2D eigenvalue weighted by atomic mass is 9.61. The summed E-state index contributed by atoms with van der Waals surface area (Å²) in [7, 11) is 0. The van der Waals surface area contributed by atoms with Gasteiger partial charge < -0.3 is 0 Å². The average Bonchev–Trinajstić information content (AvgIpc) is 2.12.